The van der Waals surface area contributed by atoms with E-state index in [0.29, 0.717) is 5.92 Å². The Balaban J connectivity index is 2.09. The second-order valence-electron chi connectivity index (χ2n) is 5.48. The van der Waals surface area contributed by atoms with Crippen LogP contribution in [0.5, 0.6) is 0 Å². The SMILES string of the molecule is Cc1cccc([C@H]2CCCN(C(=O)C(C)C)C2)n1. The van der Waals surface area contributed by atoms with Gasteiger partial charge in [0.2, 0.25) is 5.91 Å². The molecule has 1 saturated heterocycles. The summed E-state index contributed by atoms with van der Waals surface area (Å²) in [5.74, 6) is 0.767. The van der Waals surface area contributed by atoms with E-state index in [9.17, 15) is 4.79 Å². The smallest absolute Gasteiger partial charge is 0.225 e. The number of rotatable bonds is 2. The van der Waals surface area contributed by atoms with E-state index in [-0.39, 0.29) is 11.8 Å². The molecule has 0 radical (unpaired) electrons. The molecule has 1 aromatic heterocycles. The second kappa shape index (κ2) is 5.51. The van der Waals surface area contributed by atoms with Gasteiger partial charge in [-0.2, -0.15) is 0 Å². The van der Waals surface area contributed by atoms with Crippen LogP contribution < -0.4 is 0 Å². The first-order valence-electron chi connectivity index (χ1n) is 6.80. The number of aromatic nitrogens is 1. The molecule has 0 aliphatic carbocycles. The van der Waals surface area contributed by atoms with Crippen LogP contribution in [0.25, 0.3) is 0 Å². The molecule has 0 bridgehead atoms. The highest BCUT2D eigenvalue weighted by molar-refractivity contribution is 5.78. The van der Waals surface area contributed by atoms with Gasteiger partial charge in [0.1, 0.15) is 0 Å². The molecule has 2 rings (SSSR count). The minimum absolute atomic E-state index is 0.0919. The van der Waals surface area contributed by atoms with Crippen molar-refractivity contribution < 1.29 is 4.79 Å². The van der Waals surface area contributed by atoms with Gasteiger partial charge in [-0.3, -0.25) is 9.78 Å². The number of nitrogens with zero attached hydrogens (tertiary/aromatic N) is 2. The molecule has 0 unspecified atom stereocenters. The van der Waals surface area contributed by atoms with Crippen molar-refractivity contribution in [3.8, 4) is 0 Å². The number of likely N-dealkylation sites (tertiary alicyclic amines) is 1. The highest BCUT2D eigenvalue weighted by Gasteiger charge is 2.26. The van der Waals surface area contributed by atoms with Crippen molar-refractivity contribution in [3.63, 3.8) is 0 Å². The van der Waals surface area contributed by atoms with E-state index < -0.39 is 0 Å². The lowest BCUT2D eigenvalue weighted by Crippen LogP contribution is -2.41. The number of hydrogen-bond donors (Lipinski definition) is 0. The van der Waals surface area contributed by atoms with Crippen LogP contribution in [-0.4, -0.2) is 28.9 Å². The second-order valence-corrected chi connectivity index (χ2v) is 5.48. The fourth-order valence-corrected chi connectivity index (χ4v) is 2.58. The van der Waals surface area contributed by atoms with Gasteiger partial charge in [-0.15, -0.1) is 0 Å². The first-order chi connectivity index (χ1) is 8.58. The molecular formula is C15H22N2O. The van der Waals surface area contributed by atoms with Crippen LogP contribution in [0.2, 0.25) is 0 Å². The maximum atomic E-state index is 12.0. The fourth-order valence-electron chi connectivity index (χ4n) is 2.58. The Morgan fingerprint density at radius 1 is 1.44 bits per heavy atom. The van der Waals surface area contributed by atoms with Crippen LogP contribution >= 0.6 is 0 Å². The Morgan fingerprint density at radius 3 is 2.89 bits per heavy atom. The van der Waals surface area contributed by atoms with Crippen LogP contribution in [0.15, 0.2) is 18.2 Å². The Kier molecular flexibility index (Phi) is 4.00. The molecule has 18 heavy (non-hydrogen) atoms. The highest BCUT2D eigenvalue weighted by Crippen LogP contribution is 2.26. The topological polar surface area (TPSA) is 33.2 Å². The molecule has 1 fully saturated rings. The summed E-state index contributed by atoms with van der Waals surface area (Å²) in [4.78, 5) is 18.6. The van der Waals surface area contributed by atoms with Crippen molar-refractivity contribution in [1.29, 1.82) is 0 Å². The first-order valence-corrected chi connectivity index (χ1v) is 6.80. The molecule has 1 aromatic rings. The maximum absolute atomic E-state index is 12.0. The van der Waals surface area contributed by atoms with E-state index in [0.717, 1.165) is 37.3 Å². The van der Waals surface area contributed by atoms with E-state index >= 15 is 0 Å². The van der Waals surface area contributed by atoms with E-state index in [1.807, 2.05) is 31.7 Å². The zero-order chi connectivity index (χ0) is 13.1. The third kappa shape index (κ3) is 2.89. The molecule has 1 aliphatic rings. The number of piperidine rings is 1. The minimum Gasteiger partial charge on any atom is -0.342 e. The first kappa shape index (κ1) is 13.1. The van der Waals surface area contributed by atoms with Crippen molar-refractivity contribution in [1.82, 2.24) is 9.88 Å². The van der Waals surface area contributed by atoms with Gasteiger partial charge in [0, 0.05) is 36.3 Å². The summed E-state index contributed by atoms with van der Waals surface area (Å²) in [6.45, 7) is 7.68. The quantitative estimate of drug-likeness (QED) is 0.804. The largest absolute Gasteiger partial charge is 0.342 e. The van der Waals surface area contributed by atoms with Crippen LogP contribution in [-0.2, 0) is 4.79 Å². The van der Waals surface area contributed by atoms with Crippen molar-refractivity contribution in [2.75, 3.05) is 13.1 Å². The highest BCUT2D eigenvalue weighted by atomic mass is 16.2. The van der Waals surface area contributed by atoms with Crippen LogP contribution in [0.3, 0.4) is 0 Å². The van der Waals surface area contributed by atoms with E-state index in [1.54, 1.807) is 0 Å². The summed E-state index contributed by atoms with van der Waals surface area (Å²) in [6, 6.07) is 6.16. The summed E-state index contributed by atoms with van der Waals surface area (Å²) in [6.07, 6.45) is 2.22. The Morgan fingerprint density at radius 2 is 2.22 bits per heavy atom. The van der Waals surface area contributed by atoms with Gasteiger partial charge >= 0.3 is 0 Å². The molecule has 0 saturated carbocycles. The number of amides is 1. The predicted molar refractivity (Wildman–Crippen MR) is 72.4 cm³/mol. The molecule has 1 amide bonds. The monoisotopic (exact) mass is 246 g/mol. The lowest BCUT2D eigenvalue weighted by molar-refractivity contribution is -0.135. The third-order valence-electron chi connectivity index (χ3n) is 3.56. The molecular weight excluding hydrogens is 224 g/mol. The van der Waals surface area contributed by atoms with Crippen molar-refractivity contribution in [3.05, 3.63) is 29.6 Å². The number of pyridine rings is 1. The Hall–Kier alpha value is -1.38. The number of aryl methyl sites for hydroxylation is 1. The molecule has 0 aromatic carbocycles. The summed E-state index contributed by atoms with van der Waals surface area (Å²) in [5, 5.41) is 0. The molecule has 1 atom stereocenters. The van der Waals surface area contributed by atoms with Gasteiger partial charge in [0.25, 0.3) is 0 Å². The van der Waals surface area contributed by atoms with E-state index in [2.05, 4.69) is 17.1 Å². The minimum atomic E-state index is 0.0919. The van der Waals surface area contributed by atoms with Crippen molar-refractivity contribution in [2.24, 2.45) is 5.92 Å². The number of carbonyl (C=O) groups excluding carboxylic acids is 1. The van der Waals surface area contributed by atoms with Crippen LogP contribution in [0.4, 0.5) is 0 Å². The van der Waals surface area contributed by atoms with Gasteiger partial charge in [0.15, 0.2) is 0 Å². The summed E-state index contributed by atoms with van der Waals surface area (Å²) in [7, 11) is 0. The lowest BCUT2D eigenvalue weighted by atomic mass is 9.93. The van der Waals surface area contributed by atoms with Gasteiger partial charge in [-0.25, -0.2) is 0 Å². The molecule has 3 nitrogen and oxygen atoms in total. The maximum Gasteiger partial charge on any atom is 0.225 e. The van der Waals surface area contributed by atoms with Crippen LogP contribution in [0.1, 0.15) is 44.0 Å². The van der Waals surface area contributed by atoms with Gasteiger partial charge in [-0.05, 0) is 31.9 Å². The van der Waals surface area contributed by atoms with Gasteiger partial charge < -0.3 is 4.90 Å². The van der Waals surface area contributed by atoms with Gasteiger partial charge in [0.05, 0.1) is 0 Å². The molecule has 0 N–H and O–H groups in total. The third-order valence-corrected chi connectivity index (χ3v) is 3.56. The van der Waals surface area contributed by atoms with E-state index in [1.165, 1.54) is 0 Å². The zero-order valence-electron chi connectivity index (χ0n) is 11.5. The molecule has 0 spiro atoms. The number of hydrogen-bond acceptors (Lipinski definition) is 2. The number of carbonyl (C=O) groups is 1. The normalized spacial score (nSPS) is 20.2. The zero-order valence-corrected chi connectivity index (χ0v) is 11.5. The molecule has 1 aliphatic heterocycles. The summed E-state index contributed by atoms with van der Waals surface area (Å²) >= 11 is 0. The van der Waals surface area contributed by atoms with E-state index in [4.69, 9.17) is 0 Å². The van der Waals surface area contributed by atoms with Gasteiger partial charge in [-0.1, -0.05) is 19.9 Å². The Bertz CT molecular complexity index is 428. The summed E-state index contributed by atoms with van der Waals surface area (Å²) < 4.78 is 0. The lowest BCUT2D eigenvalue weighted by Gasteiger charge is -2.33. The van der Waals surface area contributed by atoms with Crippen LogP contribution in [0, 0.1) is 12.8 Å². The van der Waals surface area contributed by atoms with Crippen molar-refractivity contribution >= 4 is 5.91 Å². The molecule has 98 valence electrons. The Labute approximate surface area is 109 Å². The standard InChI is InChI=1S/C15H22N2O/c1-11(2)15(18)17-9-5-7-13(10-17)14-8-4-6-12(3)16-14/h4,6,8,11,13H,5,7,9-10H2,1-3H3/t13-/m0/s1. The summed E-state index contributed by atoms with van der Waals surface area (Å²) in [5.41, 5.74) is 2.19. The average Bonchev–Trinajstić information content (AvgIpc) is 2.38. The molecule has 3 heteroatoms. The van der Waals surface area contributed by atoms with Crippen molar-refractivity contribution in [2.45, 2.75) is 39.5 Å². The average molecular weight is 246 g/mol. The fraction of sp³-hybridized carbons (Fsp3) is 0.600. The molecule has 2 heterocycles. The predicted octanol–water partition coefficient (Wildman–Crippen LogP) is 2.75.